The van der Waals surface area contributed by atoms with Gasteiger partial charge in [-0.05, 0) is 36.4 Å². The van der Waals surface area contributed by atoms with E-state index in [1.807, 2.05) is 0 Å². The van der Waals surface area contributed by atoms with E-state index in [0.29, 0.717) is 22.0 Å². The number of hydrogen-bond donors (Lipinski definition) is 3. The van der Waals surface area contributed by atoms with Crippen molar-refractivity contribution in [2.45, 2.75) is 6.92 Å². The Bertz CT molecular complexity index is 925. The fourth-order valence-electron chi connectivity index (χ4n) is 2.07. The molecule has 0 saturated heterocycles. The van der Waals surface area contributed by atoms with Gasteiger partial charge < -0.3 is 16.0 Å². The summed E-state index contributed by atoms with van der Waals surface area (Å²) >= 11 is 1.34. The largest absolute Gasteiger partial charge is 0.323 e. The van der Waals surface area contributed by atoms with Gasteiger partial charge in [-0.3, -0.25) is 4.79 Å². The van der Waals surface area contributed by atoms with Crippen LogP contribution in [0.15, 0.2) is 42.5 Å². The summed E-state index contributed by atoms with van der Waals surface area (Å²) in [5, 5.41) is 8.33. The molecule has 0 bridgehead atoms. The zero-order valence-corrected chi connectivity index (χ0v) is 13.4. The Morgan fingerprint density at radius 3 is 2.50 bits per heavy atom. The molecule has 0 aliphatic rings. The highest BCUT2D eigenvalue weighted by atomic mass is 32.1. The summed E-state index contributed by atoms with van der Waals surface area (Å²) in [7, 11) is 0. The van der Waals surface area contributed by atoms with Gasteiger partial charge >= 0.3 is 6.03 Å². The van der Waals surface area contributed by atoms with E-state index < -0.39 is 11.8 Å². The minimum Gasteiger partial charge on any atom is -0.308 e. The van der Waals surface area contributed by atoms with Crippen LogP contribution in [0.1, 0.15) is 6.92 Å². The molecule has 0 radical (unpaired) electrons. The molecule has 0 spiro atoms. The lowest BCUT2D eigenvalue weighted by atomic mass is 10.3. The van der Waals surface area contributed by atoms with Gasteiger partial charge in [0.25, 0.3) is 0 Å². The van der Waals surface area contributed by atoms with Crippen LogP contribution >= 0.6 is 11.3 Å². The number of carbonyl (C=O) groups excluding carboxylic acids is 2. The molecule has 122 valence electrons. The minimum atomic E-state index is -0.489. The zero-order chi connectivity index (χ0) is 17.1. The Labute approximate surface area is 140 Å². The predicted octanol–water partition coefficient (Wildman–Crippen LogP) is 4.04. The second-order valence-corrected chi connectivity index (χ2v) is 6.00. The first kappa shape index (κ1) is 15.9. The van der Waals surface area contributed by atoms with Crippen molar-refractivity contribution in [3.05, 3.63) is 48.3 Å². The molecule has 3 N–H and O–H groups in total. The van der Waals surface area contributed by atoms with E-state index in [-0.39, 0.29) is 5.91 Å². The Kier molecular flexibility index (Phi) is 4.39. The number of urea groups is 1. The minimum absolute atomic E-state index is 0.193. The van der Waals surface area contributed by atoms with Crippen LogP contribution in [0.3, 0.4) is 0 Å². The van der Waals surface area contributed by atoms with E-state index >= 15 is 0 Å². The van der Waals surface area contributed by atoms with Gasteiger partial charge in [0, 0.05) is 18.3 Å². The van der Waals surface area contributed by atoms with E-state index in [1.165, 1.54) is 36.5 Å². The molecule has 2 aromatic carbocycles. The van der Waals surface area contributed by atoms with Gasteiger partial charge in [-0.15, -0.1) is 0 Å². The smallest absolute Gasteiger partial charge is 0.308 e. The third-order valence-electron chi connectivity index (χ3n) is 3.01. The summed E-state index contributed by atoms with van der Waals surface area (Å²) in [4.78, 5) is 27.3. The molecule has 1 aromatic heterocycles. The molecule has 6 nitrogen and oxygen atoms in total. The van der Waals surface area contributed by atoms with Gasteiger partial charge in [-0.1, -0.05) is 17.4 Å². The van der Waals surface area contributed by atoms with E-state index in [0.717, 1.165) is 4.70 Å². The molecule has 3 rings (SSSR count). The van der Waals surface area contributed by atoms with Crippen LogP contribution in [0.25, 0.3) is 10.2 Å². The van der Waals surface area contributed by atoms with Crippen LogP contribution in [0.5, 0.6) is 0 Å². The number of halogens is 1. The summed E-state index contributed by atoms with van der Waals surface area (Å²) in [6, 6.07) is 10.4. The molecule has 0 aliphatic heterocycles. The second-order valence-electron chi connectivity index (χ2n) is 4.97. The fourth-order valence-corrected chi connectivity index (χ4v) is 2.96. The number of benzene rings is 2. The van der Waals surface area contributed by atoms with Crippen molar-refractivity contribution in [2.24, 2.45) is 0 Å². The zero-order valence-electron chi connectivity index (χ0n) is 12.6. The average Bonchev–Trinajstić information content (AvgIpc) is 2.87. The first-order valence-electron chi connectivity index (χ1n) is 7.01. The van der Waals surface area contributed by atoms with Crippen molar-refractivity contribution in [1.82, 2.24) is 4.98 Å². The molecule has 0 unspecified atom stereocenters. The Balaban J connectivity index is 1.72. The van der Waals surface area contributed by atoms with Gasteiger partial charge in [-0.2, -0.15) is 0 Å². The van der Waals surface area contributed by atoms with Crippen molar-refractivity contribution < 1.29 is 14.0 Å². The standard InChI is InChI=1S/C16H13FN4O2S/c1-9(22)18-16-21-13-8-12(5-6-14(13)24-16)20-15(23)19-11-4-2-3-10(17)7-11/h2-8H,1H3,(H,18,21,22)(H2,19,20,23). The van der Waals surface area contributed by atoms with Crippen LogP contribution in [0, 0.1) is 5.82 Å². The molecule has 1 heterocycles. The normalized spacial score (nSPS) is 10.4. The van der Waals surface area contributed by atoms with Crippen molar-refractivity contribution in [2.75, 3.05) is 16.0 Å². The number of fused-ring (bicyclic) bond motifs is 1. The van der Waals surface area contributed by atoms with Crippen molar-refractivity contribution in [3.63, 3.8) is 0 Å². The van der Waals surface area contributed by atoms with Gasteiger partial charge in [0.15, 0.2) is 5.13 Å². The maximum Gasteiger partial charge on any atom is 0.323 e. The highest BCUT2D eigenvalue weighted by molar-refractivity contribution is 7.22. The summed E-state index contributed by atoms with van der Waals surface area (Å²) in [5.74, 6) is -0.621. The SMILES string of the molecule is CC(=O)Nc1nc2cc(NC(=O)Nc3cccc(F)c3)ccc2s1. The molecule has 0 aliphatic carbocycles. The van der Waals surface area contributed by atoms with Crippen LogP contribution < -0.4 is 16.0 Å². The molecule has 0 saturated carbocycles. The fraction of sp³-hybridized carbons (Fsp3) is 0.0625. The molecule has 3 aromatic rings. The summed E-state index contributed by atoms with van der Waals surface area (Å²) < 4.78 is 14.0. The maximum atomic E-state index is 13.1. The average molecular weight is 344 g/mol. The summed E-state index contributed by atoms with van der Waals surface area (Å²) in [6.45, 7) is 1.41. The first-order chi connectivity index (χ1) is 11.5. The van der Waals surface area contributed by atoms with Gasteiger partial charge in [0.05, 0.1) is 10.2 Å². The van der Waals surface area contributed by atoms with Crippen LogP contribution in [0.4, 0.5) is 25.7 Å². The molecule has 0 atom stereocenters. The third kappa shape index (κ3) is 3.85. The number of anilines is 3. The second kappa shape index (κ2) is 6.63. The topological polar surface area (TPSA) is 83.1 Å². The Morgan fingerprint density at radius 2 is 1.79 bits per heavy atom. The summed E-state index contributed by atoms with van der Waals surface area (Å²) in [5.41, 5.74) is 1.55. The lowest BCUT2D eigenvalue weighted by molar-refractivity contribution is -0.114. The monoisotopic (exact) mass is 344 g/mol. The first-order valence-corrected chi connectivity index (χ1v) is 7.83. The van der Waals surface area contributed by atoms with Crippen LogP contribution in [-0.2, 0) is 4.79 Å². The molecule has 3 amide bonds. The number of nitrogens with one attached hydrogen (secondary N) is 3. The Morgan fingerprint density at radius 1 is 1.04 bits per heavy atom. The maximum absolute atomic E-state index is 13.1. The number of nitrogens with zero attached hydrogens (tertiary/aromatic N) is 1. The number of carbonyl (C=O) groups is 2. The summed E-state index contributed by atoms with van der Waals surface area (Å²) in [6.07, 6.45) is 0. The quantitative estimate of drug-likeness (QED) is 0.670. The van der Waals surface area contributed by atoms with E-state index in [1.54, 1.807) is 24.3 Å². The highest BCUT2D eigenvalue weighted by Crippen LogP contribution is 2.28. The van der Waals surface area contributed by atoms with Crippen LogP contribution in [-0.4, -0.2) is 16.9 Å². The molecule has 24 heavy (non-hydrogen) atoms. The number of rotatable bonds is 3. The van der Waals surface area contributed by atoms with Gasteiger partial charge in [0.2, 0.25) is 5.91 Å². The molecular weight excluding hydrogens is 331 g/mol. The van der Waals surface area contributed by atoms with E-state index in [4.69, 9.17) is 0 Å². The lowest BCUT2D eigenvalue weighted by Gasteiger charge is -2.07. The molecule has 8 heteroatoms. The van der Waals surface area contributed by atoms with E-state index in [9.17, 15) is 14.0 Å². The predicted molar refractivity (Wildman–Crippen MR) is 93.0 cm³/mol. The van der Waals surface area contributed by atoms with Crippen molar-refractivity contribution >= 4 is 50.0 Å². The van der Waals surface area contributed by atoms with Crippen molar-refractivity contribution in [1.29, 1.82) is 0 Å². The molecular formula is C16H13FN4O2S. The van der Waals surface area contributed by atoms with E-state index in [2.05, 4.69) is 20.9 Å². The highest BCUT2D eigenvalue weighted by Gasteiger charge is 2.08. The van der Waals surface area contributed by atoms with Gasteiger partial charge in [-0.25, -0.2) is 14.2 Å². The lowest BCUT2D eigenvalue weighted by Crippen LogP contribution is -2.19. The number of aromatic nitrogens is 1. The van der Waals surface area contributed by atoms with Crippen LogP contribution in [0.2, 0.25) is 0 Å². The third-order valence-corrected chi connectivity index (χ3v) is 3.96. The number of thiazole rings is 1. The number of hydrogen-bond acceptors (Lipinski definition) is 4. The van der Waals surface area contributed by atoms with Gasteiger partial charge in [0.1, 0.15) is 5.82 Å². The van der Waals surface area contributed by atoms with Crippen molar-refractivity contribution in [3.8, 4) is 0 Å². The number of amides is 3. The molecule has 0 fully saturated rings. The Hall–Kier alpha value is -3.00.